The van der Waals surface area contributed by atoms with Crippen molar-refractivity contribution in [2.24, 2.45) is 5.92 Å². The standard InChI is InChI=1S/C21H20N6O2/c22-13-17-7-6-16(14-23-17)20(28)26-10-8-15(9-11-26)12-19-24-25-21(29)27(19)18-4-2-1-3-5-18/h1-7,14-15H,8-12H2,(H,25,29). The van der Waals surface area contributed by atoms with Gasteiger partial charge in [-0.25, -0.2) is 19.4 Å². The fraction of sp³-hybridized carbons (Fsp3) is 0.286. The number of carbonyl (C=O) groups is 1. The van der Waals surface area contributed by atoms with E-state index in [1.807, 2.05) is 41.3 Å². The van der Waals surface area contributed by atoms with Crippen molar-refractivity contribution in [3.8, 4) is 11.8 Å². The molecule has 0 saturated carbocycles. The third-order valence-corrected chi connectivity index (χ3v) is 5.25. The van der Waals surface area contributed by atoms with Crippen molar-refractivity contribution < 1.29 is 4.79 Å². The Morgan fingerprint density at radius 3 is 2.59 bits per heavy atom. The van der Waals surface area contributed by atoms with Crippen molar-refractivity contribution in [2.45, 2.75) is 19.3 Å². The third-order valence-electron chi connectivity index (χ3n) is 5.25. The van der Waals surface area contributed by atoms with E-state index in [4.69, 9.17) is 5.26 Å². The van der Waals surface area contributed by atoms with E-state index in [0.29, 0.717) is 42.5 Å². The number of para-hydroxylation sites is 1. The average molecular weight is 388 g/mol. The molecule has 4 rings (SSSR count). The number of pyridine rings is 1. The van der Waals surface area contributed by atoms with E-state index >= 15 is 0 Å². The molecule has 29 heavy (non-hydrogen) atoms. The van der Waals surface area contributed by atoms with Gasteiger partial charge in [-0.1, -0.05) is 18.2 Å². The first kappa shape index (κ1) is 18.6. The van der Waals surface area contributed by atoms with E-state index in [9.17, 15) is 9.59 Å². The number of nitrogens with one attached hydrogen (secondary N) is 1. The number of aromatic nitrogens is 4. The molecule has 0 unspecified atom stereocenters. The molecule has 2 aromatic heterocycles. The summed E-state index contributed by atoms with van der Waals surface area (Å²) in [6.07, 6.45) is 3.81. The van der Waals surface area contributed by atoms with Crippen LogP contribution in [0.3, 0.4) is 0 Å². The van der Waals surface area contributed by atoms with E-state index in [2.05, 4.69) is 15.2 Å². The first-order valence-corrected chi connectivity index (χ1v) is 9.53. The molecule has 0 radical (unpaired) electrons. The second-order valence-electron chi connectivity index (χ2n) is 7.10. The van der Waals surface area contributed by atoms with E-state index < -0.39 is 0 Å². The van der Waals surface area contributed by atoms with Gasteiger partial charge in [0, 0.05) is 25.7 Å². The van der Waals surface area contributed by atoms with Crippen LogP contribution in [0.25, 0.3) is 5.69 Å². The molecule has 1 saturated heterocycles. The maximum Gasteiger partial charge on any atom is 0.347 e. The number of piperidine rings is 1. The summed E-state index contributed by atoms with van der Waals surface area (Å²) in [5.41, 5.74) is 1.34. The fourth-order valence-electron chi connectivity index (χ4n) is 3.68. The summed E-state index contributed by atoms with van der Waals surface area (Å²) in [6.45, 7) is 1.28. The fourth-order valence-corrected chi connectivity index (χ4v) is 3.68. The highest BCUT2D eigenvalue weighted by Gasteiger charge is 2.25. The SMILES string of the molecule is N#Cc1ccc(C(=O)N2CCC(Cc3n[nH]c(=O)n3-c3ccccc3)CC2)cn1. The molecule has 1 N–H and O–H groups in total. The molecule has 1 aliphatic rings. The summed E-state index contributed by atoms with van der Waals surface area (Å²) < 4.78 is 1.61. The number of hydrogen-bond donors (Lipinski definition) is 1. The number of amides is 1. The summed E-state index contributed by atoms with van der Waals surface area (Å²) in [4.78, 5) is 30.6. The van der Waals surface area contributed by atoms with Crippen LogP contribution in [0.2, 0.25) is 0 Å². The van der Waals surface area contributed by atoms with Gasteiger partial charge in [-0.3, -0.25) is 4.79 Å². The number of nitrogens with zero attached hydrogens (tertiary/aromatic N) is 5. The lowest BCUT2D eigenvalue weighted by molar-refractivity contribution is 0.0689. The highest BCUT2D eigenvalue weighted by atomic mass is 16.2. The van der Waals surface area contributed by atoms with Gasteiger partial charge in [-0.15, -0.1) is 0 Å². The lowest BCUT2D eigenvalue weighted by Crippen LogP contribution is -2.39. The van der Waals surface area contributed by atoms with Crippen molar-refractivity contribution >= 4 is 5.91 Å². The van der Waals surface area contributed by atoms with E-state index in [1.165, 1.54) is 6.20 Å². The molecule has 1 amide bonds. The lowest BCUT2D eigenvalue weighted by atomic mass is 9.93. The molecule has 3 heterocycles. The number of likely N-dealkylation sites (tertiary alicyclic amines) is 1. The topological polar surface area (TPSA) is 108 Å². The van der Waals surface area contributed by atoms with Gasteiger partial charge in [0.15, 0.2) is 0 Å². The van der Waals surface area contributed by atoms with Gasteiger partial charge in [0.25, 0.3) is 5.91 Å². The average Bonchev–Trinajstić information content (AvgIpc) is 3.14. The number of nitriles is 1. The van der Waals surface area contributed by atoms with Gasteiger partial charge >= 0.3 is 5.69 Å². The van der Waals surface area contributed by atoms with Gasteiger partial charge in [0.05, 0.1) is 11.3 Å². The van der Waals surface area contributed by atoms with Crippen LogP contribution in [0.4, 0.5) is 0 Å². The summed E-state index contributed by atoms with van der Waals surface area (Å²) >= 11 is 0. The molecular formula is C21H20N6O2. The van der Waals surface area contributed by atoms with Crippen LogP contribution in [-0.2, 0) is 6.42 Å². The Kier molecular flexibility index (Phi) is 5.20. The van der Waals surface area contributed by atoms with Crippen LogP contribution in [0.5, 0.6) is 0 Å². The quantitative estimate of drug-likeness (QED) is 0.735. The number of hydrogen-bond acceptors (Lipinski definition) is 5. The maximum absolute atomic E-state index is 12.6. The van der Waals surface area contributed by atoms with Crippen LogP contribution in [0.15, 0.2) is 53.5 Å². The Balaban J connectivity index is 1.40. The van der Waals surface area contributed by atoms with Crippen molar-refractivity contribution in [3.05, 3.63) is 76.2 Å². The molecule has 0 spiro atoms. The molecule has 8 nitrogen and oxygen atoms in total. The maximum atomic E-state index is 12.6. The highest BCUT2D eigenvalue weighted by Crippen LogP contribution is 2.22. The molecule has 146 valence electrons. The van der Waals surface area contributed by atoms with Gasteiger partial charge in [0.2, 0.25) is 0 Å². The molecule has 0 aliphatic carbocycles. The number of H-pyrrole nitrogens is 1. The Labute approximate surface area is 167 Å². The van der Waals surface area contributed by atoms with E-state index in [1.54, 1.807) is 16.7 Å². The Hall–Kier alpha value is -3.73. The Morgan fingerprint density at radius 1 is 1.17 bits per heavy atom. The minimum atomic E-state index is -0.243. The van der Waals surface area contributed by atoms with Crippen LogP contribution < -0.4 is 5.69 Å². The van der Waals surface area contributed by atoms with Crippen molar-refractivity contribution in [1.82, 2.24) is 24.6 Å². The first-order valence-electron chi connectivity index (χ1n) is 9.53. The molecule has 1 aromatic carbocycles. The predicted octanol–water partition coefficient (Wildman–Crippen LogP) is 1.92. The molecule has 8 heteroatoms. The molecule has 0 bridgehead atoms. The van der Waals surface area contributed by atoms with Gasteiger partial charge in [0.1, 0.15) is 17.6 Å². The monoisotopic (exact) mass is 388 g/mol. The third kappa shape index (κ3) is 3.94. The zero-order valence-electron chi connectivity index (χ0n) is 15.8. The van der Waals surface area contributed by atoms with Crippen molar-refractivity contribution in [2.75, 3.05) is 13.1 Å². The smallest absolute Gasteiger partial charge is 0.339 e. The Bertz CT molecular complexity index is 1090. The van der Waals surface area contributed by atoms with Crippen molar-refractivity contribution in [3.63, 3.8) is 0 Å². The zero-order chi connectivity index (χ0) is 20.2. The summed E-state index contributed by atoms with van der Waals surface area (Å²) in [5.74, 6) is 0.986. The lowest BCUT2D eigenvalue weighted by Gasteiger charge is -2.31. The van der Waals surface area contributed by atoms with Crippen LogP contribution in [0, 0.1) is 17.2 Å². The highest BCUT2D eigenvalue weighted by molar-refractivity contribution is 5.94. The predicted molar refractivity (Wildman–Crippen MR) is 105 cm³/mol. The molecule has 0 atom stereocenters. The number of carbonyl (C=O) groups excluding carboxylic acids is 1. The first-order chi connectivity index (χ1) is 14.2. The van der Waals surface area contributed by atoms with E-state index in [0.717, 1.165) is 18.5 Å². The second-order valence-corrected chi connectivity index (χ2v) is 7.10. The van der Waals surface area contributed by atoms with Crippen molar-refractivity contribution in [1.29, 1.82) is 5.26 Å². The van der Waals surface area contributed by atoms with Gasteiger partial charge in [-0.05, 0) is 43.0 Å². The summed E-state index contributed by atoms with van der Waals surface area (Å²) in [7, 11) is 0. The van der Waals surface area contributed by atoms with Gasteiger partial charge < -0.3 is 4.90 Å². The van der Waals surface area contributed by atoms with Crippen LogP contribution in [0.1, 0.15) is 34.7 Å². The second kappa shape index (κ2) is 8.10. The van der Waals surface area contributed by atoms with Crippen LogP contribution >= 0.6 is 0 Å². The number of rotatable bonds is 4. The van der Waals surface area contributed by atoms with E-state index in [-0.39, 0.29) is 11.6 Å². The normalized spacial score (nSPS) is 14.5. The molecule has 3 aromatic rings. The summed E-state index contributed by atoms with van der Waals surface area (Å²) in [6, 6.07) is 14.6. The molecule has 1 aliphatic heterocycles. The molecular weight excluding hydrogens is 368 g/mol. The largest absolute Gasteiger partial charge is 0.347 e. The Morgan fingerprint density at radius 2 is 1.93 bits per heavy atom. The number of benzene rings is 1. The zero-order valence-corrected chi connectivity index (χ0v) is 15.8. The van der Waals surface area contributed by atoms with Gasteiger partial charge in [-0.2, -0.15) is 10.4 Å². The summed E-state index contributed by atoms with van der Waals surface area (Å²) in [5, 5.41) is 15.6. The molecule has 1 fully saturated rings. The number of aromatic amines is 1. The van der Waals surface area contributed by atoms with Crippen LogP contribution in [-0.4, -0.2) is 43.6 Å². The minimum absolute atomic E-state index is 0.0681. The minimum Gasteiger partial charge on any atom is -0.339 e.